The molecule has 0 aromatic heterocycles. The van der Waals surface area contributed by atoms with Crippen LogP contribution in [0.15, 0.2) is 18.2 Å². The Bertz CT molecular complexity index is 332. The van der Waals surface area contributed by atoms with Crippen molar-refractivity contribution in [1.29, 1.82) is 0 Å². The first kappa shape index (κ1) is 9.58. The van der Waals surface area contributed by atoms with E-state index < -0.39 is 0 Å². The molecule has 3 heteroatoms. The molecule has 0 atom stereocenters. The van der Waals surface area contributed by atoms with Crippen molar-refractivity contribution in [3.63, 3.8) is 0 Å². The second-order valence-corrected chi connectivity index (χ2v) is 3.19. The number of benzene rings is 1. The Morgan fingerprint density at radius 3 is 2.46 bits per heavy atom. The summed E-state index contributed by atoms with van der Waals surface area (Å²) in [6.45, 7) is 1.52. The third kappa shape index (κ3) is 1.80. The second kappa shape index (κ2) is 3.47. The number of para-hydroxylation sites is 1. The van der Waals surface area contributed by atoms with E-state index in [1.54, 1.807) is 6.07 Å². The average molecular weight is 178 g/mol. The van der Waals surface area contributed by atoms with Crippen LogP contribution < -0.4 is 10.6 Å². The Kier molecular flexibility index (Phi) is 2.56. The highest BCUT2D eigenvalue weighted by Crippen LogP contribution is 2.24. The lowest BCUT2D eigenvalue weighted by Crippen LogP contribution is -2.13. The molecule has 1 rings (SSSR count). The van der Waals surface area contributed by atoms with Crippen molar-refractivity contribution in [3.8, 4) is 0 Å². The van der Waals surface area contributed by atoms with E-state index in [1.807, 2.05) is 31.1 Å². The zero-order valence-corrected chi connectivity index (χ0v) is 8.16. The molecule has 13 heavy (non-hydrogen) atoms. The van der Waals surface area contributed by atoms with Crippen molar-refractivity contribution in [2.45, 2.75) is 6.92 Å². The monoisotopic (exact) mass is 178 g/mol. The van der Waals surface area contributed by atoms with E-state index in [-0.39, 0.29) is 5.78 Å². The molecular formula is C10H14N2O. The maximum atomic E-state index is 11.1. The third-order valence-corrected chi connectivity index (χ3v) is 1.94. The van der Waals surface area contributed by atoms with E-state index in [2.05, 4.69) is 0 Å². The summed E-state index contributed by atoms with van der Waals surface area (Å²) in [6, 6.07) is 5.47. The zero-order valence-electron chi connectivity index (χ0n) is 8.16. The Morgan fingerprint density at radius 2 is 2.00 bits per heavy atom. The Balaban J connectivity index is 3.26. The van der Waals surface area contributed by atoms with Gasteiger partial charge in [-0.25, -0.2) is 0 Å². The Hall–Kier alpha value is -1.51. The highest BCUT2D eigenvalue weighted by molar-refractivity contribution is 6.01. The van der Waals surface area contributed by atoms with E-state index in [0.29, 0.717) is 11.3 Å². The quantitative estimate of drug-likeness (QED) is 0.552. The molecule has 0 fully saturated rings. The molecule has 1 aromatic rings. The molecular weight excluding hydrogens is 164 g/mol. The van der Waals surface area contributed by atoms with Gasteiger partial charge in [-0.2, -0.15) is 0 Å². The molecule has 3 nitrogen and oxygen atoms in total. The molecule has 0 saturated carbocycles. The minimum Gasteiger partial charge on any atom is -0.396 e. The minimum absolute atomic E-state index is 0.00111. The first-order valence-electron chi connectivity index (χ1n) is 4.10. The van der Waals surface area contributed by atoms with Crippen LogP contribution in [-0.2, 0) is 0 Å². The fourth-order valence-corrected chi connectivity index (χ4v) is 1.25. The third-order valence-electron chi connectivity index (χ3n) is 1.94. The molecule has 0 aliphatic heterocycles. The summed E-state index contributed by atoms with van der Waals surface area (Å²) in [5, 5.41) is 0. The summed E-state index contributed by atoms with van der Waals surface area (Å²) in [4.78, 5) is 13.0. The fourth-order valence-electron chi connectivity index (χ4n) is 1.25. The van der Waals surface area contributed by atoms with Crippen molar-refractivity contribution >= 4 is 17.2 Å². The lowest BCUT2D eigenvalue weighted by Gasteiger charge is -2.16. The van der Waals surface area contributed by atoms with Crippen LogP contribution >= 0.6 is 0 Å². The van der Waals surface area contributed by atoms with E-state index in [0.717, 1.165) is 5.69 Å². The highest BCUT2D eigenvalue weighted by atomic mass is 16.1. The number of Topliss-reactive ketones (excluding diaryl/α,β-unsaturated/α-hetero) is 1. The van der Waals surface area contributed by atoms with E-state index in [4.69, 9.17) is 5.73 Å². The average Bonchev–Trinajstić information content (AvgIpc) is 2.03. The summed E-state index contributed by atoms with van der Waals surface area (Å²) in [6.07, 6.45) is 0. The number of hydrogen-bond acceptors (Lipinski definition) is 3. The van der Waals surface area contributed by atoms with Crippen LogP contribution in [-0.4, -0.2) is 19.9 Å². The van der Waals surface area contributed by atoms with Crippen LogP contribution in [0.3, 0.4) is 0 Å². The van der Waals surface area contributed by atoms with Gasteiger partial charge in [-0.05, 0) is 19.1 Å². The number of anilines is 2. The van der Waals surface area contributed by atoms with E-state index in [9.17, 15) is 4.79 Å². The number of nitrogens with zero attached hydrogens (tertiary/aromatic N) is 1. The van der Waals surface area contributed by atoms with Crippen LogP contribution in [0.25, 0.3) is 0 Å². The number of ketones is 1. The van der Waals surface area contributed by atoms with Gasteiger partial charge in [-0.3, -0.25) is 4.79 Å². The number of nitrogens with two attached hydrogens (primary N) is 1. The van der Waals surface area contributed by atoms with Gasteiger partial charge in [0.1, 0.15) is 0 Å². The summed E-state index contributed by atoms with van der Waals surface area (Å²) in [7, 11) is 3.80. The molecule has 0 bridgehead atoms. The summed E-state index contributed by atoms with van der Waals surface area (Å²) >= 11 is 0. The molecule has 0 unspecified atom stereocenters. The summed E-state index contributed by atoms with van der Waals surface area (Å²) < 4.78 is 0. The summed E-state index contributed by atoms with van der Waals surface area (Å²) in [5.41, 5.74) is 7.85. The molecule has 1 aromatic carbocycles. The topological polar surface area (TPSA) is 46.3 Å². The highest BCUT2D eigenvalue weighted by Gasteiger charge is 2.08. The SMILES string of the molecule is CC(=O)c1cccc(N(C)C)c1N. The second-order valence-electron chi connectivity index (χ2n) is 3.19. The predicted molar refractivity (Wildman–Crippen MR) is 55.2 cm³/mol. The van der Waals surface area contributed by atoms with Gasteiger partial charge in [0.15, 0.2) is 5.78 Å². The van der Waals surface area contributed by atoms with Gasteiger partial charge < -0.3 is 10.6 Å². The minimum atomic E-state index is 0.00111. The number of hydrogen-bond donors (Lipinski definition) is 1. The van der Waals surface area contributed by atoms with Gasteiger partial charge in [0, 0.05) is 19.7 Å². The molecule has 0 spiro atoms. The normalized spacial score (nSPS) is 9.77. The van der Waals surface area contributed by atoms with Crippen molar-refractivity contribution in [1.82, 2.24) is 0 Å². The largest absolute Gasteiger partial charge is 0.396 e. The van der Waals surface area contributed by atoms with Gasteiger partial charge in [0.05, 0.1) is 11.4 Å². The molecule has 2 N–H and O–H groups in total. The molecule has 0 heterocycles. The molecule has 70 valence electrons. The van der Waals surface area contributed by atoms with Crippen LogP contribution in [0.5, 0.6) is 0 Å². The van der Waals surface area contributed by atoms with Gasteiger partial charge >= 0.3 is 0 Å². The van der Waals surface area contributed by atoms with E-state index in [1.165, 1.54) is 6.92 Å². The zero-order chi connectivity index (χ0) is 10.0. The molecule has 0 aliphatic carbocycles. The van der Waals surface area contributed by atoms with Gasteiger partial charge in [-0.15, -0.1) is 0 Å². The van der Waals surface area contributed by atoms with Crippen molar-refractivity contribution < 1.29 is 4.79 Å². The van der Waals surface area contributed by atoms with Crippen molar-refractivity contribution in [2.24, 2.45) is 0 Å². The fraction of sp³-hybridized carbons (Fsp3) is 0.300. The number of nitrogen functional groups attached to an aromatic ring is 1. The van der Waals surface area contributed by atoms with Gasteiger partial charge in [0.25, 0.3) is 0 Å². The lowest BCUT2D eigenvalue weighted by atomic mass is 10.1. The molecule has 0 amide bonds. The standard InChI is InChI=1S/C10H14N2O/c1-7(13)8-5-4-6-9(10(8)11)12(2)3/h4-6H,11H2,1-3H3. The number of carbonyl (C=O) groups is 1. The van der Waals surface area contributed by atoms with Crippen LogP contribution in [0.2, 0.25) is 0 Å². The van der Waals surface area contributed by atoms with Crippen molar-refractivity contribution in [2.75, 3.05) is 24.7 Å². The van der Waals surface area contributed by atoms with Gasteiger partial charge in [-0.1, -0.05) is 6.07 Å². The van der Waals surface area contributed by atoms with Crippen molar-refractivity contribution in [3.05, 3.63) is 23.8 Å². The maximum absolute atomic E-state index is 11.1. The molecule has 0 radical (unpaired) electrons. The first-order valence-corrected chi connectivity index (χ1v) is 4.10. The van der Waals surface area contributed by atoms with Crippen LogP contribution in [0, 0.1) is 0 Å². The lowest BCUT2D eigenvalue weighted by molar-refractivity contribution is 0.101. The smallest absolute Gasteiger partial charge is 0.161 e. The Labute approximate surface area is 78.2 Å². The summed E-state index contributed by atoms with van der Waals surface area (Å²) in [5.74, 6) is 0.00111. The number of rotatable bonds is 2. The predicted octanol–water partition coefficient (Wildman–Crippen LogP) is 1.54. The van der Waals surface area contributed by atoms with Crippen LogP contribution in [0.4, 0.5) is 11.4 Å². The maximum Gasteiger partial charge on any atom is 0.161 e. The first-order chi connectivity index (χ1) is 6.04. The Morgan fingerprint density at radius 1 is 1.38 bits per heavy atom. The number of carbonyl (C=O) groups excluding carboxylic acids is 1. The van der Waals surface area contributed by atoms with E-state index >= 15 is 0 Å². The molecule has 0 aliphatic rings. The van der Waals surface area contributed by atoms with Gasteiger partial charge in [0.2, 0.25) is 0 Å². The molecule has 0 saturated heterocycles. The van der Waals surface area contributed by atoms with Crippen LogP contribution in [0.1, 0.15) is 17.3 Å².